The predicted molar refractivity (Wildman–Crippen MR) is 83.7 cm³/mol. The molecule has 0 spiro atoms. The fourth-order valence-electron chi connectivity index (χ4n) is 2.05. The average molecular weight is 338 g/mol. The lowest BCUT2D eigenvalue weighted by atomic mass is 10.0. The molecule has 0 heterocycles. The molecule has 1 unspecified atom stereocenters. The summed E-state index contributed by atoms with van der Waals surface area (Å²) in [5.74, 6) is 0.567. The second kappa shape index (κ2) is 6.75. The van der Waals surface area contributed by atoms with Crippen LogP contribution in [-0.2, 0) is 0 Å². The van der Waals surface area contributed by atoms with Crippen LogP contribution >= 0.6 is 15.9 Å². The zero-order valence-corrected chi connectivity index (χ0v) is 13.1. The third-order valence-electron chi connectivity index (χ3n) is 3.18. The molecule has 2 aromatic carbocycles. The Morgan fingerprint density at radius 3 is 2.50 bits per heavy atom. The summed E-state index contributed by atoms with van der Waals surface area (Å²) in [7, 11) is 1.64. The molecule has 1 atom stereocenters. The van der Waals surface area contributed by atoms with Gasteiger partial charge in [0, 0.05) is 4.47 Å². The highest BCUT2D eigenvalue weighted by Gasteiger charge is 2.12. The summed E-state index contributed by atoms with van der Waals surface area (Å²) in [5.41, 5.74) is 1.61. The summed E-state index contributed by atoms with van der Waals surface area (Å²) < 4.78 is 19.8. The lowest BCUT2D eigenvalue weighted by Gasteiger charge is -2.19. The number of ether oxygens (including phenoxy) is 1. The van der Waals surface area contributed by atoms with Gasteiger partial charge in [0.15, 0.2) is 0 Å². The highest BCUT2D eigenvalue weighted by Crippen LogP contribution is 2.27. The molecule has 0 aliphatic heterocycles. The first-order valence-corrected chi connectivity index (χ1v) is 7.29. The van der Waals surface area contributed by atoms with E-state index in [-0.39, 0.29) is 11.9 Å². The molecule has 0 fully saturated rings. The van der Waals surface area contributed by atoms with Gasteiger partial charge in [-0.05, 0) is 42.3 Å². The van der Waals surface area contributed by atoms with E-state index in [2.05, 4.69) is 28.2 Å². The fraction of sp³-hybridized carbons (Fsp3) is 0.250. The van der Waals surface area contributed by atoms with E-state index >= 15 is 0 Å². The Labute approximate surface area is 127 Å². The largest absolute Gasteiger partial charge is 0.497 e. The third-order valence-corrected chi connectivity index (χ3v) is 3.68. The molecule has 0 amide bonds. The number of benzene rings is 2. The Morgan fingerprint density at radius 1 is 1.20 bits per heavy atom. The van der Waals surface area contributed by atoms with Crippen molar-refractivity contribution in [2.45, 2.75) is 19.4 Å². The molecule has 1 N–H and O–H groups in total. The number of methoxy groups -OCH3 is 1. The molecule has 2 aromatic rings. The van der Waals surface area contributed by atoms with E-state index in [4.69, 9.17) is 4.74 Å². The normalized spacial score (nSPS) is 12.0. The number of nitrogens with one attached hydrogen (secondary N) is 1. The van der Waals surface area contributed by atoms with Crippen molar-refractivity contribution in [3.8, 4) is 5.75 Å². The molecule has 4 heteroatoms. The third kappa shape index (κ3) is 3.51. The number of hydrogen-bond donors (Lipinski definition) is 1. The molecule has 2 nitrogen and oxygen atoms in total. The predicted octanol–water partition coefficient (Wildman–Crippen LogP) is 5.16. The first kappa shape index (κ1) is 14.9. The summed E-state index contributed by atoms with van der Waals surface area (Å²) in [6.07, 6.45) is 0.859. The molecule has 0 aliphatic rings. The zero-order chi connectivity index (χ0) is 14.5. The Balaban J connectivity index is 2.21. The van der Waals surface area contributed by atoms with E-state index in [0.29, 0.717) is 5.69 Å². The van der Waals surface area contributed by atoms with Gasteiger partial charge in [0.2, 0.25) is 0 Å². The van der Waals surface area contributed by atoms with Gasteiger partial charge >= 0.3 is 0 Å². The standard InChI is InChI=1S/C16H17BrFNO/c1-3-15(11-4-7-13(20-2)8-5-11)19-16-10-12(17)6-9-14(16)18/h4-10,15,19H,3H2,1-2H3. The van der Waals surface area contributed by atoms with Gasteiger partial charge in [-0.15, -0.1) is 0 Å². The van der Waals surface area contributed by atoms with Crippen LogP contribution in [0.5, 0.6) is 5.75 Å². The summed E-state index contributed by atoms with van der Waals surface area (Å²) in [6.45, 7) is 2.07. The topological polar surface area (TPSA) is 21.3 Å². The monoisotopic (exact) mass is 337 g/mol. The van der Waals surface area contributed by atoms with Gasteiger partial charge in [-0.3, -0.25) is 0 Å². The van der Waals surface area contributed by atoms with Crippen molar-refractivity contribution in [1.82, 2.24) is 0 Å². The number of halogens is 2. The van der Waals surface area contributed by atoms with Crippen molar-refractivity contribution in [2.75, 3.05) is 12.4 Å². The second-order valence-electron chi connectivity index (χ2n) is 4.50. The molecule has 0 saturated carbocycles. The minimum atomic E-state index is -0.250. The summed E-state index contributed by atoms with van der Waals surface area (Å²) in [4.78, 5) is 0. The quantitative estimate of drug-likeness (QED) is 0.813. The minimum Gasteiger partial charge on any atom is -0.497 e. The van der Waals surface area contributed by atoms with Gasteiger partial charge in [-0.2, -0.15) is 0 Å². The molecular formula is C16H17BrFNO. The van der Waals surface area contributed by atoms with E-state index < -0.39 is 0 Å². The van der Waals surface area contributed by atoms with Crippen molar-refractivity contribution in [3.05, 3.63) is 58.3 Å². The molecule has 0 radical (unpaired) electrons. The SMILES string of the molecule is CCC(Nc1cc(Br)ccc1F)c1ccc(OC)cc1. The Kier molecular flexibility index (Phi) is 5.01. The molecule has 20 heavy (non-hydrogen) atoms. The van der Waals surface area contributed by atoms with Crippen LogP contribution in [0.15, 0.2) is 46.9 Å². The lowest BCUT2D eigenvalue weighted by Crippen LogP contribution is -2.10. The van der Waals surface area contributed by atoms with Gasteiger partial charge in [-0.25, -0.2) is 4.39 Å². The van der Waals surface area contributed by atoms with Crippen LogP contribution in [0.1, 0.15) is 24.9 Å². The molecule has 2 rings (SSSR count). The van der Waals surface area contributed by atoms with Crippen molar-refractivity contribution in [2.24, 2.45) is 0 Å². The first-order chi connectivity index (χ1) is 9.63. The lowest BCUT2D eigenvalue weighted by molar-refractivity contribution is 0.414. The average Bonchev–Trinajstić information content (AvgIpc) is 2.48. The van der Waals surface area contributed by atoms with E-state index in [9.17, 15) is 4.39 Å². The maximum Gasteiger partial charge on any atom is 0.146 e. The van der Waals surface area contributed by atoms with Crippen LogP contribution < -0.4 is 10.1 Å². The van der Waals surface area contributed by atoms with Gasteiger partial charge in [0.25, 0.3) is 0 Å². The molecule has 0 bridgehead atoms. The van der Waals surface area contributed by atoms with Gasteiger partial charge in [-0.1, -0.05) is 35.0 Å². The van der Waals surface area contributed by atoms with Crippen LogP contribution in [-0.4, -0.2) is 7.11 Å². The maximum absolute atomic E-state index is 13.8. The molecule has 106 valence electrons. The number of hydrogen-bond acceptors (Lipinski definition) is 2. The van der Waals surface area contributed by atoms with E-state index in [1.54, 1.807) is 19.2 Å². The van der Waals surface area contributed by atoms with Gasteiger partial charge in [0.05, 0.1) is 18.8 Å². The summed E-state index contributed by atoms with van der Waals surface area (Å²) >= 11 is 3.36. The first-order valence-electron chi connectivity index (χ1n) is 6.49. The Morgan fingerprint density at radius 2 is 1.90 bits per heavy atom. The van der Waals surface area contributed by atoms with Crippen molar-refractivity contribution >= 4 is 21.6 Å². The second-order valence-corrected chi connectivity index (χ2v) is 5.42. The highest BCUT2D eigenvalue weighted by molar-refractivity contribution is 9.10. The van der Waals surface area contributed by atoms with Crippen LogP contribution in [0, 0.1) is 5.82 Å². The van der Waals surface area contributed by atoms with Crippen LogP contribution in [0.2, 0.25) is 0 Å². The molecule has 0 aliphatic carbocycles. The van der Waals surface area contributed by atoms with E-state index in [1.807, 2.05) is 24.3 Å². The summed E-state index contributed by atoms with van der Waals surface area (Å²) in [5, 5.41) is 3.25. The van der Waals surface area contributed by atoms with Gasteiger partial charge < -0.3 is 10.1 Å². The van der Waals surface area contributed by atoms with E-state index in [1.165, 1.54) is 6.07 Å². The Bertz CT molecular complexity index is 571. The maximum atomic E-state index is 13.8. The fourth-order valence-corrected chi connectivity index (χ4v) is 2.41. The van der Waals surface area contributed by atoms with E-state index in [0.717, 1.165) is 22.2 Å². The van der Waals surface area contributed by atoms with Crippen LogP contribution in [0.4, 0.5) is 10.1 Å². The summed E-state index contributed by atoms with van der Waals surface area (Å²) in [6, 6.07) is 12.8. The smallest absolute Gasteiger partial charge is 0.146 e. The van der Waals surface area contributed by atoms with Crippen LogP contribution in [0.25, 0.3) is 0 Å². The molecule has 0 saturated heterocycles. The number of rotatable bonds is 5. The van der Waals surface area contributed by atoms with Crippen molar-refractivity contribution in [1.29, 1.82) is 0 Å². The zero-order valence-electron chi connectivity index (χ0n) is 11.5. The minimum absolute atomic E-state index is 0.0599. The highest BCUT2D eigenvalue weighted by atomic mass is 79.9. The number of anilines is 1. The molecule has 0 aromatic heterocycles. The van der Waals surface area contributed by atoms with Crippen molar-refractivity contribution < 1.29 is 9.13 Å². The van der Waals surface area contributed by atoms with Gasteiger partial charge in [0.1, 0.15) is 11.6 Å². The van der Waals surface area contributed by atoms with Crippen LogP contribution in [0.3, 0.4) is 0 Å². The van der Waals surface area contributed by atoms with Crippen molar-refractivity contribution in [3.63, 3.8) is 0 Å². The Hall–Kier alpha value is -1.55. The molecular weight excluding hydrogens is 321 g/mol.